The average Bonchev–Trinajstić information content (AvgIpc) is 3.26. The third-order valence-electron chi connectivity index (χ3n) is 5.55. The Hall–Kier alpha value is -3.43. The lowest BCUT2D eigenvalue weighted by Gasteiger charge is -2.27. The minimum Gasteiger partial charge on any atom is -0.399 e. The fourth-order valence-corrected chi connectivity index (χ4v) is 3.90. The second-order valence-electron chi connectivity index (χ2n) is 7.73. The van der Waals surface area contributed by atoms with Crippen LogP contribution in [-0.2, 0) is 0 Å². The molecule has 1 fully saturated rings. The Morgan fingerprint density at radius 1 is 1.03 bits per heavy atom. The normalized spacial score (nSPS) is 16.4. The predicted octanol–water partition coefficient (Wildman–Crippen LogP) is 5.79. The average molecular weight is 476 g/mol. The van der Waals surface area contributed by atoms with Gasteiger partial charge in [0, 0.05) is 12.2 Å². The zero-order chi connectivity index (χ0) is 23.4. The largest absolute Gasteiger partial charge is 0.399 e. The van der Waals surface area contributed by atoms with Gasteiger partial charge in [0.2, 0.25) is 0 Å². The van der Waals surface area contributed by atoms with E-state index in [-0.39, 0.29) is 6.17 Å². The number of rotatable bonds is 2. The Morgan fingerprint density at radius 3 is 2.33 bits per heavy atom. The summed E-state index contributed by atoms with van der Waals surface area (Å²) >= 11 is 11.2. The number of nitrogens with one attached hydrogen (secondary N) is 2. The molecule has 166 valence electrons. The van der Waals surface area contributed by atoms with Crippen molar-refractivity contribution in [1.29, 1.82) is 5.26 Å². The number of allylic oxidation sites excluding steroid dienone is 2. The smallest absolute Gasteiger partial charge is 0.124 e. The fraction of sp³-hybridized carbons (Fsp3) is 0.115. The van der Waals surface area contributed by atoms with E-state index in [1.54, 1.807) is 12.1 Å². The van der Waals surface area contributed by atoms with Gasteiger partial charge in [-0.1, -0.05) is 65.7 Å². The molecular weight excluding hydrogens is 453 g/mol. The van der Waals surface area contributed by atoms with Gasteiger partial charge >= 0.3 is 0 Å². The summed E-state index contributed by atoms with van der Waals surface area (Å²) in [6.07, 6.45) is 4.37. The molecule has 7 heteroatoms. The number of halogens is 2. The van der Waals surface area contributed by atoms with Gasteiger partial charge in [0.05, 0.1) is 21.7 Å². The second kappa shape index (κ2) is 10.0. The van der Waals surface area contributed by atoms with Crippen LogP contribution in [0.3, 0.4) is 0 Å². The van der Waals surface area contributed by atoms with Crippen molar-refractivity contribution in [3.63, 3.8) is 0 Å². The van der Waals surface area contributed by atoms with Crippen LogP contribution in [0.15, 0.2) is 84.7 Å². The monoisotopic (exact) mass is 475 g/mol. The van der Waals surface area contributed by atoms with Crippen molar-refractivity contribution in [2.75, 3.05) is 12.3 Å². The third-order valence-corrected chi connectivity index (χ3v) is 6.30. The third kappa shape index (κ3) is 5.15. The SMILES string of the molecule is Cc1ccc(C2NNC3=CC(c4ccc(C#N)cc4)=CCN32)cc1N.Clc1ccccc1Cl. The van der Waals surface area contributed by atoms with E-state index in [0.717, 1.165) is 40.3 Å². The summed E-state index contributed by atoms with van der Waals surface area (Å²) in [5, 5.41) is 10.1. The molecule has 3 aromatic rings. The van der Waals surface area contributed by atoms with Gasteiger partial charge in [0.25, 0.3) is 0 Å². The highest BCUT2D eigenvalue weighted by molar-refractivity contribution is 6.41. The number of hydrogen-bond acceptors (Lipinski definition) is 5. The molecule has 1 atom stereocenters. The van der Waals surface area contributed by atoms with E-state index in [9.17, 15) is 0 Å². The number of hydrazine groups is 1. The summed E-state index contributed by atoms with van der Waals surface area (Å²) in [6, 6.07) is 23.2. The number of anilines is 1. The Balaban J connectivity index is 0.000000275. The number of nitrogen functional groups attached to an aromatic ring is 1. The highest BCUT2D eigenvalue weighted by Gasteiger charge is 2.30. The maximum Gasteiger partial charge on any atom is 0.124 e. The van der Waals surface area contributed by atoms with Gasteiger partial charge in [-0.05, 0) is 65.6 Å². The molecular formula is C26H23Cl2N5. The highest BCUT2D eigenvalue weighted by Crippen LogP contribution is 2.32. The standard InChI is InChI=1S/C20H19N5.C6H4Cl2/c1-13-2-5-17(10-18(13)22)20-24-23-19-11-16(8-9-25(19)20)15-6-3-14(12-21)4-7-15;7-5-3-1-2-4-6(5)8/h2-8,10-11,20,23-24H,9,22H2,1H3;1-4H. The van der Waals surface area contributed by atoms with E-state index in [4.69, 9.17) is 34.2 Å². The lowest BCUT2D eigenvalue weighted by molar-refractivity contribution is 0.305. The van der Waals surface area contributed by atoms with Crippen LogP contribution >= 0.6 is 23.2 Å². The van der Waals surface area contributed by atoms with Crippen LogP contribution in [0.5, 0.6) is 0 Å². The zero-order valence-corrected chi connectivity index (χ0v) is 19.5. The first-order valence-corrected chi connectivity index (χ1v) is 11.2. The topological polar surface area (TPSA) is 77.1 Å². The Bertz CT molecular complexity index is 1240. The fourth-order valence-electron chi connectivity index (χ4n) is 3.63. The summed E-state index contributed by atoms with van der Waals surface area (Å²) in [6.45, 7) is 2.80. The van der Waals surface area contributed by atoms with Crippen LogP contribution in [0.4, 0.5) is 5.69 Å². The van der Waals surface area contributed by atoms with Gasteiger partial charge in [-0.3, -0.25) is 0 Å². The Kier molecular flexibility index (Phi) is 6.90. The first kappa shape index (κ1) is 22.8. The summed E-state index contributed by atoms with van der Waals surface area (Å²) in [5.41, 5.74) is 18.6. The lowest BCUT2D eigenvalue weighted by atomic mass is 10.0. The number of benzene rings is 3. The molecule has 0 radical (unpaired) electrons. The number of hydrogen-bond donors (Lipinski definition) is 3. The molecule has 5 nitrogen and oxygen atoms in total. The van der Waals surface area contributed by atoms with Gasteiger partial charge in [-0.15, -0.1) is 0 Å². The summed E-state index contributed by atoms with van der Waals surface area (Å²) < 4.78 is 0. The van der Waals surface area contributed by atoms with Gasteiger partial charge in [-0.25, -0.2) is 5.43 Å². The molecule has 33 heavy (non-hydrogen) atoms. The van der Waals surface area contributed by atoms with Gasteiger partial charge in [-0.2, -0.15) is 5.26 Å². The van der Waals surface area contributed by atoms with Crippen LogP contribution in [-0.4, -0.2) is 11.4 Å². The van der Waals surface area contributed by atoms with Crippen molar-refractivity contribution in [1.82, 2.24) is 15.8 Å². The van der Waals surface area contributed by atoms with Crippen LogP contribution in [0.1, 0.15) is 28.4 Å². The van der Waals surface area contributed by atoms with E-state index in [0.29, 0.717) is 15.6 Å². The minimum atomic E-state index is 0.0490. The first-order chi connectivity index (χ1) is 16.0. The molecule has 4 N–H and O–H groups in total. The maximum absolute atomic E-state index is 8.93. The Labute approximate surface area is 203 Å². The highest BCUT2D eigenvalue weighted by atomic mass is 35.5. The number of aryl methyl sites for hydroxylation is 1. The van der Waals surface area contributed by atoms with E-state index in [2.05, 4.69) is 46.1 Å². The van der Waals surface area contributed by atoms with Crippen molar-refractivity contribution in [3.05, 3.63) is 117 Å². The molecule has 0 spiro atoms. The molecule has 5 rings (SSSR count). The minimum absolute atomic E-state index is 0.0490. The molecule has 1 saturated heterocycles. The van der Waals surface area contributed by atoms with Crippen molar-refractivity contribution < 1.29 is 0 Å². The van der Waals surface area contributed by atoms with Gasteiger partial charge < -0.3 is 16.1 Å². The summed E-state index contributed by atoms with van der Waals surface area (Å²) in [4.78, 5) is 2.26. The molecule has 3 aromatic carbocycles. The molecule has 0 bridgehead atoms. The predicted molar refractivity (Wildman–Crippen MR) is 135 cm³/mol. The molecule has 2 aliphatic rings. The number of fused-ring (bicyclic) bond motifs is 1. The van der Waals surface area contributed by atoms with Crippen molar-refractivity contribution in [2.24, 2.45) is 0 Å². The molecule has 1 unspecified atom stereocenters. The van der Waals surface area contributed by atoms with E-state index >= 15 is 0 Å². The maximum atomic E-state index is 8.93. The van der Waals surface area contributed by atoms with Gasteiger partial charge in [0.1, 0.15) is 12.0 Å². The Morgan fingerprint density at radius 2 is 1.73 bits per heavy atom. The second-order valence-corrected chi connectivity index (χ2v) is 8.55. The number of nitriles is 1. The molecule has 0 amide bonds. The summed E-state index contributed by atoms with van der Waals surface area (Å²) in [5.74, 6) is 1.03. The van der Waals surface area contributed by atoms with E-state index < -0.39 is 0 Å². The first-order valence-electron chi connectivity index (χ1n) is 10.4. The van der Waals surface area contributed by atoms with Crippen molar-refractivity contribution in [2.45, 2.75) is 13.1 Å². The zero-order valence-electron chi connectivity index (χ0n) is 18.0. The van der Waals surface area contributed by atoms with Crippen molar-refractivity contribution in [3.8, 4) is 6.07 Å². The van der Waals surface area contributed by atoms with Crippen molar-refractivity contribution >= 4 is 34.5 Å². The van der Waals surface area contributed by atoms with Crippen LogP contribution in [0, 0.1) is 18.3 Å². The molecule has 2 aliphatic heterocycles. The molecule has 2 heterocycles. The summed E-state index contributed by atoms with van der Waals surface area (Å²) in [7, 11) is 0. The van der Waals surface area contributed by atoms with Crippen LogP contribution in [0.2, 0.25) is 10.0 Å². The molecule has 0 saturated carbocycles. The van der Waals surface area contributed by atoms with Gasteiger partial charge in [0.15, 0.2) is 0 Å². The number of nitrogens with zero attached hydrogens (tertiary/aromatic N) is 2. The van der Waals surface area contributed by atoms with E-state index in [1.165, 1.54) is 0 Å². The molecule has 0 aromatic heterocycles. The van der Waals surface area contributed by atoms with Crippen LogP contribution < -0.4 is 16.6 Å². The van der Waals surface area contributed by atoms with E-state index in [1.807, 2.05) is 49.4 Å². The van der Waals surface area contributed by atoms with Crippen LogP contribution in [0.25, 0.3) is 5.57 Å². The number of nitrogens with two attached hydrogens (primary N) is 1. The molecule has 0 aliphatic carbocycles. The lowest BCUT2D eigenvalue weighted by Crippen LogP contribution is -2.28. The quantitative estimate of drug-likeness (QED) is 0.408.